The van der Waals surface area contributed by atoms with Crippen LogP contribution in [0.4, 0.5) is 5.13 Å². The van der Waals surface area contributed by atoms with Crippen molar-refractivity contribution in [2.75, 3.05) is 5.32 Å². The van der Waals surface area contributed by atoms with Crippen molar-refractivity contribution in [3.8, 4) is 11.3 Å². The van der Waals surface area contributed by atoms with Gasteiger partial charge in [0.25, 0.3) is 5.91 Å². The van der Waals surface area contributed by atoms with Gasteiger partial charge in [0.1, 0.15) is 5.69 Å². The van der Waals surface area contributed by atoms with Gasteiger partial charge in [0.05, 0.1) is 11.9 Å². The highest BCUT2D eigenvalue weighted by molar-refractivity contribution is 7.16. The van der Waals surface area contributed by atoms with E-state index in [9.17, 15) is 4.79 Å². The highest BCUT2D eigenvalue weighted by Gasteiger charge is 2.31. The van der Waals surface area contributed by atoms with E-state index in [2.05, 4.69) is 15.4 Å². The van der Waals surface area contributed by atoms with Crippen molar-refractivity contribution in [2.45, 2.75) is 25.7 Å². The molecule has 0 spiro atoms. The van der Waals surface area contributed by atoms with Crippen LogP contribution in [0.1, 0.15) is 39.7 Å². The van der Waals surface area contributed by atoms with Crippen LogP contribution in [0.2, 0.25) is 5.02 Å². The number of nitrogens with zero attached hydrogens (tertiary/aromatic N) is 3. The second-order valence-corrected chi connectivity index (χ2v) is 7.87. The fourth-order valence-corrected chi connectivity index (χ4v) is 3.96. The molecule has 1 N–H and O–H groups in total. The van der Waals surface area contributed by atoms with E-state index < -0.39 is 0 Å². The largest absolute Gasteiger partial charge is 0.296 e. The average Bonchev–Trinajstić information content (AvgIpc) is 3.24. The SMILES string of the molecule is Cc1sc(NC(=O)c2c(C3CC3)cnn2C)nc1-c1cccc(Cl)c1. The molecular formula is C18H17ClN4OS. The number of nitrogens with one attached hydrogen (secondary N) is 1. The van der Waals surface area contributed by atoms with Crippen molar-refractivity contribution in [1.29, 1.82) is 0 Å². The number of thiazole rings is 1. The summed E-state index contributed by atoms with van der Waals surface area (Å²) in [5.41, 5.74) is 3.44. The topological polar surface area (TPSA) is 59.8 Å². The minimum atomic E-state index is -0.159. The van der Waals surface area contributed by atoms with Gasteiger partial charge in [0.15, 0.2) is 5.13 Å². The number of benzene rings is 1. The number of amides is 1. The lowest BCUT2D eigenvalue weighted by Gasteiger charge is -2.05. The maximum atomic E-state index is 12.7. The molecular weight excluding hydrogens is 356 g/mol. The van der Waals surface area contributed by atoms with Crippen LogP contribution in [0, 0.1) is 6.92 Å². The van der Waals surface area contributed by atoms with Crippen LogP contribution in [0.5, 0.6) is 0 Å². The summed E-state index contributed by atoms with van der Waals surface area (Å²) in [4.78, 5) is 18.4. The minimum Gasteiger partial charge on any atom is -0.296 e. The maximum Gasteiger partial charge on any atom is 0.275 e. The Labute approximate surface area is 154 Å². The summed E-state index contributed by atoms with van der Waals surface area (Å²) in [5, 5.41) is 8.42. The van der Waals surface area contributed by atoms with E-state index in [1.54, 1.807) is 17.9 Å². The number of hydrogen-bond donors (Lipinski definition) is 1. The van der Waals surface area contributed by atoms with Crippen molar-refractivity contribution >= 4 is 34.0 Å². The predicted octanol–water partition coefficient (Wildman–Crippen LogP) is 4.64. The lowest BCUT2D eigenvalue weighted by Crippen LogP contribution is -2.17. The molecule has 1 aromatic carbocycles. The maximum absolute atomic E-state index is 12.7. The van der Waals surface area contributed by atoms with Gasteiger partial charge in [0, 0.05) is 28.1 Å². The molecule has 0 atom stereocenters. The summed E-state index contributed by atoms with van der Waals surface area (Å²) in [6.07, 6.45) is 4.06. The van der Waals surface area contributed by atoms with Crippen molar-refractivity contribution < 1.29 is 4.79 Å². The molecule has 2 heterocycles. The molecule has 25 heavy (non-hydrogen) atoms. The number of aryl methyl sites for hydroxylation is 2. The number of carbonyl (C=O) groups is 1. The Morgan fingerprint density at radius 3 is 2.92 bits per heavy atom. The van der Waals surface area contributed by atoms with Gasteiger partial charge in [-0.2, -0.15) is 5.10 Å². The molecule has 0 radical (unpaired) electrons. The van der Waals surface area contributed by atoms with Crippen molar-refractivity contribution in [3.05, 3.63) is 51.6 Å². The zero-order valence-corrected chi connectivity index (χ0v) is 15.5. The number of halogens is 1. The van der Waals surface area contributed by atoms with Crippen LogP contribution in [-0.2, 0) is 7.05 Å². The van der Waals surface area contributed by atoms with Crippen LogP contribution >= 0.6 is 22.9 Å². The van der Waals surface area contributed by atoms with Gasteiger partial charge in [-0.15, -0.1) is 11.3 Å². The van der Waals surface area contributed by atoms with Gasteiger partial charge in [0.2, 0.25) is 0 Å². The van der Waals surface area contributed by atoms with Crippen LogP contribution in [-0.4, -0.2) is 20.7 Å². The molecule has 0 saturated heterocycles. The highest BCUT2D eigenvalue weighted by atomic mass is 35.5. The molecule has 0 bridgehead atoms. The summed E-state index contributed by atoms with van der Waals surface area (Å²) >= 11 is 7.53. The van der Waals surface area contributed by atoms with Crippen molar-refractivity contribution in [2.24, 2.45) is 7.05 Å². The smallest absolute Gasteiger partial charge is 0.275 e. The van der Waals surface area contributed by atoms with Gasteiger partial charge < -0.3 is 0 Å². The Balaban J connectivity index is 1.61. The molecule has 5 nitrogen and oxygen atoms in total. The van der Waals surface area contributed by atoms with Crippen LogP contribution < -0.4 is 5.32 Å². The fourth-order valence-electron chi connectivity index (χ4n) is 2.94. The van der Waals surface area contributed by atoms with E-state index in [-0.39, 0.29) is 5.91 Å². The molecule has 1 saturated carbocycles. The Morgan fingerprint density at radius 2 is 2.20 bits per heavy atom. The average molecular weight is 373 g/mol. The summed E-state index contributed by atoms with van der Waals surface area (Å²) in [5.74, 6) is 0.308. The first-order valence-corrected chi connectivity index (χ1v) is 9.29. The molecule has 1 fully saturated rings. The molecule has 1 amide bonds. The number of aromatic nitrogens is 3. The third-order valence-electron chi connectivity index (χ3n) is 4.31. The van der Waals surface area contributed by atoms with E-state index in [1.807, 2.05) is 31.2 Å². The number of carbonyl (C=O) groups excluding carboxylic acids is 1. The second kappa shape index (κ2) is 6.28. The predicted molar refractivity (Wildman–Crippen MR) is 100 cm³/mol. The zero-order chi connectivity index (χ0) is 17.6. The Hall–Kier alpha value is -2.18. The van der Waals surface area contributed by atoms with E-state index in [0.717, 1.165) is 34.5 Å². The summed E-state index contributed by atoms with van der Waals surface area (Å²) in [7, 11) is 1.80. The fraction of sp³-hybridized carbons (Fsp3) is 0.278. The van der Waals surface area contributed by atoms with E-state index in [0.29, 0.717) is 21.8 Å². The third kappa shape index (κ3) is 3.19. The highest BCUT2D eigenvalue weighted by Crippen LogP contribution is 2.41. The molecule has 4 rings (SSSR count). The number of hydrogen-bond acceptors (Lipinski definition) is 4. The first kappa shape index (κ1) is 16.3. The monoisotopic (exact) mass is 372 g/mol. The summed E-state index contributed by atoms with van der Waals surface area (Å²) in [6.45, 7) is 1.99. The van der Waals surface area contributed by atoms with E-state index in [1.165, 1.54) is 11.3 Å². The number of rotatable bonds is 4. The first-order valence-electron chi connectivity index (χ1n) is 8.09. The summed E-state index contributed by atoms with van der Waals surface area (Å²) in [6, 6.07) is 7.57. The molecule has 7 heteroatoms. The standard InChI is InChI=1S/C18H17ClN4OS/c1-10-15(12-4-3-5-13(19)8-12)21-18(25-10)22-17(24)16-14(11-6-7-11)9-20-23(16)2/h3-5,8-9,11H,6-7H2,1-2H3,(H,21,22,24). The van der Waals surface area contributed by atoms with Crippen LogP contribution in [0.3, 0.4) is 0 Å². The Bertz CT molecular complexity index is 958. The van der Waals surface area contributed by atoms with Crippen LogP contribution in [0.25, 0.3) is 11.3 Å². The minimum absolute atomic E-state index is 0.159. The van der Waals surface area contributed by atoms with E-state index >= 15 is 0 Å². The quantitative estimate of drug-likeness (QED) is 0.726. The van der Waals surface area contributed by atoms with Crippen LogP contribution in [0.15, 0.2) is 30.5 Å². The van der Waals surface area contributed by atoms with Gasteiger partial charge in [-0.25, -0.2) is 4.98 Å². The Kier molecular flexibility index (Phi) is 4.09. The lowest BCUT2D eigenvalue weighted by molar-refractivity contribution is 0.101. The zero-order valence-electron chi connectivity index (χ0n) is 13.9. The first-order chi connectivity index (χ1) is 12.0. The molecule has 1 aliphatic rings. The van der Waals surface area contributed by atoms with Gasteiger partial charge in [-0.1, -0.05) is 23.7 Å². The molecule has 2 aromatic heterocycles. The molecule has 1 aliphatic carbocycles. The molecule has 128 valence electrons. The lowest BCUT2D eigenvalue weighted by atomic mass is 10.1. The van der Waals surface area contributed by atoms with Gasteiger partial charge in [-0.05, 0) is 37.8 Å². The Morgan fingerprint density at radius 1 is 1.40 bits per heavy atom. The molecule has 3 aromatic rings. The normalized spacial score (nSPS) is 13.9. The van der Waals surface area contributed by atoms with Crippen molar-refractivity contribution in [1.82, 2.24) is 14.8 Å². The third-order valence-corrected chi connectivity index (χ3v) is 5.44. The number of anilines is 1. The second-order valence-electron chi connectivity index (χ2n) is 6.23. The van der Waals surface area contributed by atoms with Crippen molar-refractivity contribution in [3.63, 3.8) is 0 Å². The molecule has 0 aliphatic heterocycles. The van der Waals surface area contributed by atoms with Gasteiger partial charge in [-0.3, -0.25) is 14.8 Å². The summed E-state index contributed by atoms with van der Waals surface area (Å²) < 4.78 is 1.64. The van der Waals surface area contributed by atoms with E-state index in [4.69, 9.17) is 11.6 Å². The molecule has 0 unspecified atom stereocenters. The van der Waals surface area contributed by atoms with Gasteiger partial charge >= 0.3 is 0 Å².